The van der Waals surface area contributed by atoms with Crippen molar-refractivity contribution in [1.82, 2.24) is 0 Å². The highest BCUT2D eigenvalue weighted by atomic mass is 35.5. The highest BCUT2D eigenvalue weighted by Crippen LogP contribution is 2.79. The Bertz CT molecular complexity index is 453. The summed E-state index contributed by atoms with van der Waals surface area (Å²) >= 11 is 38.3. The fourth-order valence-electron chi connectivity index (χ4n) is 2.71. The first-order chi connectivity index (χ1) is 7.47. The Balaban J connectivity index is 2.80. The molecule has 2 aliphatic rings. The number of halogens is 6. The van der Waals surface area contributed by atoms with Gasteiger partial charge in [0.05, 0.1) is 10.1 Å². The summed E-state index contributed by atoms with van der Waals surface area (Å²) in [5.41, 5.74) is 0.220. The third kappa shape index (κ3) is 1.26. The first-order valence-electron chi connectivity index (χ1n) is 4.94. The van der Waals surface area contributed by atoms with Crippen LogP contribution in [0.1, 0.15) is 20.3 Å². The van der Waals surface area contributed by atoms with Crippen LogP contribution in [0.3, 0.4) is 0 Å². The molecule has 0 spiro atoms. The largest absolute Gasteiger partial charge is 0.167 e. The van der Waals surface area contributed by atoms with Crippen LogP contribution in [0.15, 0.2) is 22.2 Å². The number of fused-ring (bicyclic) bond motifs is 2. The Hall–Kier alpha value is 1.22. The number of hydrogen-bond donors (Lipinski definition) is 0. The maximum Gasteiger partial charge on any atom is 0.167 e. The minimum atomic E-state index is -1.47. The lowest BCUT2D eigenvalue weighted by Crippen LogP contribution is -2.48. The van der Waals surface area contributed by atoms with Gasteiger partial charge in [-0.2, -0.15) is 0 Å². The zero-order valence-corrected chi connectivity index (χ0v) is 13.7. The highest BCUT2D eigenvalue weighted by Gasteiger charge is 2.82. The highest BCUT2D eigenvalue weighted by molar-refractivity contribution is 6.65. The molecule has 1 saturated carbocycles. The van der Waals surface area contributed by atoms with E-state index in [1.165, 1.54) is 0 Å². The Morgan fingerprint density at radius 2 is 1.59 bits per heavy atom. The average molecular weight is 355 g/mol. The predicted molar refractivity (Wildman–Crippen MR) is 77.9 cm³/mol. The average Bonchev–Trinajstić information content (AvgIpc) is 2.39. The summed E-state index contributed by atoms with van der Waals surface area (Å²) < 4.78 is -1.47. The molecule has 3 atom stereocenters. The van der Waals surface area contributed by atoms with Gasteiger partial charge in [0, 0.05) is 5.41 Å². The normalized spacial score (nSPS) is 47.8. The molecule has 3 unspecified atom stereocenters. The second-order valence-corrected chi connectivity index (χ2v) is 8.25. The first kappa shape index (κ1) is 14.6. The lowest BCUT2D eigenvalue weighted by Gasteiger charge is -2.42. The SMILES string of the molecule is C=C(C)C1(C)CC2(Cl)C(Cl)=C(Cl)C1(Cl)C2(Cl)Cl. The van der Waals surface area contributed by atoms with E-state index in [1.807, 2.05) is 13.8 Å². The van der Waals surface area contributed by atoms with Crippen LogP contribution in [-0.4, -0.2) is 14.1 Å². The third-order valence-corrected chi connectivity index (χ3v) is 8.44. The van der Waals surface area contributed by atoms with E-state index in [0.717, 1.165) is 5.57 Å². The zero-order valence-electron chi connectivity index (χ0n) is 9.18. The summed E-state index contributed by atoms with van der Waals surface area (Å²) in [6.45, 7) is 7.70. The van der Waals surface area contributed by atoms with E-state index in [2.05, 4.69) is 6.58 Å². The van der Waals surface area contributed by atoms with Crippen molar-refractivity contribution >= 4 is 69.6 Å². The van der Waals surface area contributed by atoms with Gasteiger partial charge in [0.15, 0.2) is 4.33 Å². The molecule has 0 nitrogen and oxygen atoms in total. The van der Waals surface area contributed by atoms with Crippen molar-refractivity contribution in [3.8, 4) is 0 Å². The molecule has 2 aliphatic carbocycles. The molecule has 0 saturated heterocycles. The lowest BCUT2D eigenvalue weighted by atomic mass is 9.72. The number of allylic oxidation sites excluding steroid dienone is 3. The molecule has 96 valence electrons. The van der Waals surface area contributed by atoms with Gasteiger partial charge in [-0.05, 0) is 13.3 Å². The third-order valence-electron chi connectivity index (χ3n) is 4.07. The first-order valence-corrected chi connectivity index (χ1v) is 7.21. The van der Waals surface area contributed by atoms with E-state index in [4.69, 9.17) is 69.6 Å². The standard InChI is InChI=1S/C11H10Cl6/c1-5(2)8(3)4-9(14)6(12)7(13)10(8,15)11(9,16)17/h1,4H2,2-3H3. The molecular weight excluding hydrogens is 345 g/mol. The van der Waals surface area contributed by atoms with Crippen molar-refractivity contribution in [2.24, 2.45) is 5.41 Å². The lowest BCUT2D eigenvalue weighted by molar-refractivity contribution is 0.345. The van der Waals surface area contributed by atoms with E-state index < -0.39 is 19.5 Å². The molecule has 0 aromatic heterocycles. The van der Waals surface area contributed by atoms with Crippen LogP contribution in [-0.2, 0) is 0 Å². The maximum atomic E-state index is 6.64. The second kappa shape index (κ2) is 3.65. The zero-order chi connectivity index (χ0) is 13.4. The van der Waals surface area contributed by atoms with E-state index in [-0.39, 0.29) is 10.1 Å². The predicted octanol–water partition coefficient (Wildman–Crippen LogP) is 5.80. The Morgan fingerprint density at radius 3 is 1.88 bits per heavy atom. The van der Waals surface area contributed by atoms with E-state index in [9.17, 15) is 0 Å². The van der Waals surface area contributed by atoms with Crippen LogP contribution >= 0.6 is 69.6 Å². The number of alkyl halides is 4. The molecular formula is C11H10Cl6. The minimum Gasteiger partial charge on any atom is -0.110 e. The minimum absolute atomic E-state index is 0.220. The Labute approximate surface area is 131 Å². The van der Waals surface area contributed by atoms with Crippen LogP contribution in [0.25, 0.3) is 0 Å². The maximum absolute atomic E-state index is 6.64. The van der Waals surface area contributed by atoms with Crippen molar-refractivity contribution in [3.05, 3.63) is 22.2 Å². The quantitative estimate of drug-likeness (QED) is 0.412. The van der Waals surface area contributed by atoms with Crippen molar-refractivity contribution in [1.29, 1.82) is 0 Å². The van der Waals surface area contributed by atoms with Gasteiger partial charge in [-0.15, -0.1) is 23.2 Å². The van der Waals surface area contributed by atoms with Crippen LogP contribution in [0.2, 0.25) is 0 Å². The summed E-state index contributed by atoms with van der Waals surface area (Å²) in [7, 11) is 0. The van der Waals surface area contributed by atoms with Gasteiger partial charge in [0.25, 0.3) is 0 Å². The van der Waals surface area contributed by atoms with Crippen LogP contribution < -0.4 is 0 Å². The van der Waals surface area contributed by atoms with Crippen molar-refractivity contribution in [2.45, 2.75) is 34.3 Å². The van der Waals surface area contributed by atoms with Gasteiger partial charge in [0.2, 0.25) is 0 Å². The van der Waals surface area contributed by atoms with Crippen molar-refractivity contribution in [3.63, 3.8) is 0 Å². The molecule has 0 amide bonds. The van der Waals surface area contributed by atoms with Crippen molar-refractivity contribution in [2.75, 3.05) is 0 Å². The van der Waals surface area contributed by atoms with Gasteiger partial charge < -0.3 is 0 Å². The van der Waals surface area contributed by atoms with Crippen LogP contribution in [0, 0.1) is 5.41 Å². The summed E-state index contributed by atoms with van der Waals surface area (Å²) in [4.78, 5) is -2.40. The topological polar surface area (TPSA) is 0 Å². The van der Waals surface area contributed by atoms with E-state index in [1.54, 1.807) is 0 Å². The van der Waals surface area contributed by atoms with Gasteiger partial charge in [-0.25, -0.2) is 0 Å². The molecule has 0 radical (unpaired) electrons. The van der Waals surface area contributed by atoms with Crippen molar-refractivity contribution < 1.29 is 0 Å². The van der Waals surface area contributed by atoms with Crippen LogP contribution in [0.4, 0.5) is 0 Å². The molecule has 2 rings (SSSR count). The van der Waals surface area contributed by atoms with E-state index >= 15 is 0 Å². The molecule has 0 aromatic rings. The molecule has 0 aliphatic heterocycles. The summed E-state index contributed by atoms with van der Waals surface area (Å²) in [6.07, 6.45) is 0.405. The van der Waals surface area contributed by atoms with E-state index in [0.29, 0.717) is 6.42 Å². The monoisotopic (exact) mass is 352 g/mol. The smallest absolute Gasteiger partial charge is 0.110 e. The molecule has 0 heterocycles. The number of rotatable bonds is 1. The second-order valence-electron chi connectivity index (χ2n) is 4.95. The van der Waals surface area contributed by atoms with Gasteiger partial charge in [0.1, 0.15) is 9.75 Å². The summed E-state index contributed by atoms with van der Waals surface area (Å²) in [6, 6.07) is 0. The Morgan fingerprint density at radius 1 is 1.12 bits per heavy atom. The fourth-order valence-corrected chi connectivity index (χ4v) is 5.82. The number of hydrogen-bond acceptors (Lipinski definition) is 0. The van der Waals surface area contributed by atoms with Crippen LogP contribution in [0.5, 0.6) is 0 Å². The summed E-state index contributed by atoms with van der Waals surface area (Å²) in [5, 5.41) is 0.456. The fraction of sp³-hybridized carbons (Fsp3) is 0.636. The molecule has 0 aromatic carbocycles. The molecule has 1 fully saturated rings. The van der Waals surface area contributed by atoms with Gasteiger partial charge in [-0.1, -0.05) is 65.5 Å². The Kier molecular flexibility index (Phi) is 3.14. The molecule has 0 N–H and O–H groups in total. The molecule has 17 heavy (non-hydrogen) atoms. The van der Waals surface area contributed by atoms with Gasteiger partial charge in [-0.3, -0.25) is 0 Å². The van der Waals surface area contributed by atoms with Gasteiger partial charge >= 0.3 is 0 Å². The summed E-state index contributed by atoms with van der Waals surface area (Å²) in [5.74, 6) is 0. The molecule has 2 bridgehead atoms. The molecule has 6 heteroatoms.